The molecule has 0 aromatic heterocycles. The van der Waals surface area contributed by atoms with Crippen LogP contribution in [0.15, 0.2) is 48.5 Å². The first-order valence-corrected chi connectivity index (χ1v) is 6.29. The van der Waals surface area contributed by atoms with Crippen LogP contribution >= 0.6 is 0 Å². The van der Waals surface area contributed by atoms with Crippen molar-refractivity contribution in [2.45, 2.75) is 12.5 Å². The van der Waals surface area contributed by atoms with Gasteiger partial charge in [0, 0.05) is 26.2 Å². The molecule has 3 heteroatoms. The summed E-state index contributed by atoms with van der Waals surface area (Å²) in [6.45, 7) is 0. The molecule has 1 unspecified atom stereocenters. The van der Waals surface area contributed by atoms with E-state index in [9.17, 15) is 10.2 Å². The second kappa shape index (κ2) is 5.76. The molecular formula is C16H19NO2. The van der Waals surface area contributed by atoms with E-state index >= 15 is 0 Å². The minimum Gasteiger partial charge on any atom is -0.508 e. The number of benzene rings is 2. The molecule has 0 radical (unpaired) electrons. The Morgan fingerprint density at radius 3 is 2.05 bits per heavy atom. The highest BCUT2D eigenvalue weighted by Crippen LogP contribution is 2.22. The SMILES string of the molecule is CN(C)c1ccc(C(O)Cc2ccc(O)cc2)cc1. The lowest BCUT2D eigenvalue weighted by molar-refractivity contribution is 0.178. The number of aliphatic hydroxyl groups excluding tert-OH is 1. The molecule has 1 atom stereocenters. The second-order valence-corrected chi connectivity index (χ2v) is 4.87. The Hall–Kier alpha value is -2.00. The number of nitrogens with zero attached hydrogens (tertiary/aromatic N) is 1. The maximum Gasteiger partial charge on any atom is 0.115 e. The molecule has 0 saturated carbocycles. The summed E-state index contributed by atoms with van der Waals surface area (Å²) in [5.41, 5.74) is 3.02. The number of phenolic OH excluding ortho intramolecular Hbond substituents is 1. The van der Waals surface area contributed by atoms with Crippen molar-refractivity contribution in [2.24, 2.45) is 0 Å². The Morgan fingerprint density at radius 2 is 1.53 bits per heavy atom. The van der Waals surface area contributed by atoms with Gasteiger partial charge in [0.1, 0.15) is 5.75 Å². The molecule has 0 saturated heterocycles. The van der Waals surface area contributed by atoms with Gasteiger partial charge >= 0.3 is 0 Å². The van der Waals surface area contributed by atoms with Gasteiger partial charge in [-0.1, -0.05) is 24.3 Å². The summed E-state index contributed by atoms with van der Waals surface area (Å²) >= 11 is 0. The van der Waals surface area contributed by atoms with Crippen LogP contribution in [0.5, 0.6) is 5.75 Å². The lowest BCUT2D eigenvalue weighted by atomic mass is 10.0. The zero-order chi connectivity index (χ0) is 13.8. The van der Waals surface area contributed by atoms with Gasteiger partial charge in [-0.2, -0.15) is 0 Å². The molecule has 0 amide bonds. The number of anilines is 1. The van der Waals surface area contributed by atoms with Crippen LogP contribution in [0.2, 0.25) is 0 Å². The Balaban J connectivity index is 2.07. The normalized spacial score (nSPS) is 12.2. The van der Waals surface area contributed by atoms with Crippen molar-refractivity contribution in [3.63, 3.8) is 0 Å². The third kappa shape index (κ3) is 3.48. The van der Waals surface area contributed by atoms with Gasteiger partial charge in [0.05, 0.1) is 6.10 Å². The molecule has 19 heavy (non-hydrogen) atoms. The van der Waals surface area contributed by atoms with Crippen molar-refractivity contribution in [1.82, 2.24) is 0 Å². The predicted octanol–water partition coefficient (Wildman–Crippen LogP) is 2.73. The molecule has 2 rings (SSSR count). The summed E-state index contributed by atoms with van der Waals surface area (Å²) in [4.78, 5) is 2.02. The van der Waals surface area contributed by atoms with Gasteiger partial charge in [-0.25, -0.2) is 0 Å². The Labute approximate surface area is 113 Å². The van der Waals surface area contributed by atoms with Crippen LogP contribution in [0, 0.1) is 0 Å². The first-order chi connectivity index (χ1) is 9.06. The predicted molar refractivity (Wildman–Crippen MR) is 77.5 cm³/mol. The molecule has 0 aliphatic heterocycles. The number of aliphatic hydroxyl groups is 1. The molecule has 2 aromatic carbocycles. The molecule has 3 nitrogen and oxygen atoms in total. The van der Waals surface area contributed by atoms with E-state index in [4.69, 9.17) is 0 Å². The lowest BCUT2D eigenvalue weighted by Crippen LogP contribution is -2.09. The van der Waals surface area contributed by atoms with E-state index in [2.05, 4.69) is 0 Å². The van der Waals surface area contributed by atoms with Crippen molar-refractivity contribution < 1.29 is 10.2 Å². The number of phenols is 1. The molecule has 0 heterocycles. The van der Waals surface area contributed by atoms with E-state index in [-0.39, 0.29) is 5.75 Å². The smallest absolute Gasteiger partial charge is 0.115 e. The van der Waals surface area contributed by atoms with Crippen molar-refractivity contribution >= 4 is 5.69 Å². The molecule has 2 N–H and O–H groups in total. The minimum absolute atomic E-state index is 0.244. The zero-order valence-electron chi connectivity index (χ0n) is 11.2. The number of hydrogen-bond donors (Lipinski definition) is 2. The molecule has 0 bridgehead atoms. The third-order valence-electron chi connectivity index (χ3n) is 3.16. The second-order valence-electron chi connectivity index (χ2n) is 4.87. The van der Waals surface area contributed by atoms with Crippen LogP contribution in [0.1, 0.15) is 17.2 Å². The number of hydrogen-bond acceptors (Lipinski definition) is 3. The maximum absolute atomic E-state index is 10.2. The Kier molecular flexibility index (Phi) is 4.07. The molecular weight excluding hydrogens is 238 g/mol. The quantitative estimate of drug-likeness (QED) is 0.885. The van der Waals surface area contributed by atoms with Crippen LogP contribution in [0.25, 0.3) is 0 Å². The topological polar surface area (TPSA) is 43.7 Å². The highest BCUT2D eigenvalue weighted by atomic mass is 16.3. The van der Waals surface area contributed by atoms with Gasteiger partial charge in [-0.3, -0.25) is 0 Å². The van der Waals surface area contributed by atoms with Gasteiger partial charge in [0.2, 0.25) is 0 Å². The summed E-state index contributed by atoms with van der Waals surface area (Å²) in [5.74, 6) is 0.244. The van der Waals surface area contributed by atoms with Crippen LogP contribution in [-0.2, 0) is 6.42 Å². The standard InChI is InChI=1S/C16H19NO2/c1-17(2)14-7-5-13(6-8-14)16(19)11-12-3-9-15(18)10-4-12/h3-10,16,18-19H,11H2,1-2H3. The molecule has 0 spiro atoms. The number of rotatable bonds is 4. The van der Waals surface area contributed by atoms with Gasteiger partial charge in [-0.15, -0.1) is 0 Å². The van der Waals surface area contributed by atoms with Gasteiger partial charge < -0.3 is 15.1 Å². The van der Waals surface area contributed by atoms with Crippen molar-refractivity contribution in [3.05, 3.63) is 59.7 Å². The summed E-state index contributed by atoms with van der Waals surface area (Å²) in [6, 6.07) is 14.8. The lowest BCUT2D eigenvalue weighted by Gasteiger charge is -2.15. The van der Waals surface area contributed by atoms with Crippen LogP contribution in [-0.4, -0.2) is 24.3 Å². The maximum atomic E-state index is 10.2. The van der Waals surface area contributed by atoms with Gasteiger partial charge in [0.15, 0.2) is 0 Å². The van der Waals surface area contributed by atoms with E-state index in [0.29, 0.717) is 6.42 Å². The Bertz CT molecular complexity index is 517. The first-order valence-electron chi connectivity index (χ1n) is 6.29. The average molecular weight is 257 g/mol. The largest absolute Gasteiger partial charge is 0.508 e. The fourth-order valence-corrected chi connectivity index (χ4v) is 1.97. The third-order valence-corrected chi connectivity index (χ3v) is 3.16. The van der Waals surface area contributed by atoms with Crippen molar-refractivity contribution in [3.8, 4) is 5.75 Å². The van der Waals surface area contributed by atoms with Crippen LogP contribution in [0.3, 0.4) is 0 Å². The first kappa shape index (κ1) is 13.4. The highest BCUT2D eigenvalue weighted by Gasteiger charge is 2.09. The summed E-state index contributed by atoms with van der Waals surface area (Å²) < 4.78 is 0. The van der Waals surface area contributed by atoms with E-state index in [1.807, 2.05) is 55.4 Å². The van der Waals surface area contributed by atoms with E-state index in [1.165, 1.54) is 0 Å². The zero-order valence-corrected chi connectivity index (χ0v) is 11.2. The highest BCUT2D eigenvalue weighted by molar-refractivity contribution is 5.46. The van der Waals surface area contributed by atoms with Crippen molar-refractivity contribution in [2.75, 3.05) is 19.0 Å². The van der Waals surface area contributed by atoms with Crippen LogP contribution < -0.4 is 4.90 Å². The van der Waals surface area contributed by atoms with Gasteiger partial charge in [-0.05, 0) is 35.4 Å². The molecule has 2 aromatic rings. The fraction of sp³-hybridized carbons (Fsp3) is 0.250. The van der Waals surface area contributed by atoms with E-state index < -0.39 is 6.10 Å². The van der Waals surface area contributed by atoms with Crippen LogP contribution in [0.4, 0.5) is 5.69 Å². The van der Waals surface area contributed by atoms with E-state index in [0.717, 1.165) is 16.8 Å². The monoisotopic (exact) mass is 257 g/mol. The Morgan fingerprint density at radius 1 is 0.947 bits per heavy atom. The fourth-order valence-electron chi connectivity index (χ4n) is 1.97. The summed E-state index contributed by atoms with van der Waals surface area (Å²) in [6.07, 6.45) is 0.0162. The molecule has 0 aliphatic carbocycles. The van der Waals surface area contributed by atoms with E-state index in [1.54, 1.807) is 12.1 Å². The average Bonchev–Trinajstić information content (AvgIpc) is 2.41. The molecule has 0 fully saturated rings. The summed E-state index contributed by atoms with van der Waals surface area (Å²) in [5, 5.41) is 19.4. The van der Waals surface area contributed by atoms with Gasteiger partial charge in [0.25, 0.3) is 0 Å². The van der Waals surface area contributed by atoms with Crippen molar-refractivity contribution in [1.29, 1.82) is 0 Å². The molecule has 100 valence electrons. The summed E-state index contributed by atoms with van der Waals surface area (Å²) in [7, 11) is 3.98. The minimum atomic E-state index is -0.527. The molecule has 0 aliphatic rings. The number of aromatic hydroxyl groups is 1.